The molecule has 54 heavy (non-hydrogen) atoms. The van der Waals surface area contributed by atoms with Crippen LogP contribution in [-0.4, -0.2) is 54.0 Å². The van der Waals surface area contributed by atoms with E-state index in [1.165, 1.54) is 72.8 Å². The summed E-state index contributed by atoms with van der Waals surface area (Å²) in [5.41, 5.74) is 1.98. The summed E-state index contributed by atoms with van der Waals surface area (Å²) in [5, 5.41) is 33.0. The number of carbonyl (C=O) groups is 3. The van der Waals surface area contributed by atoms with E-state index in [1.54, 1.807) is 38.1 Å². The fraction of sp³-hybridized carbons (Fsp3) is 0.0541. The van der Waals surface area contributed by atoms with Crippen LogP contribution < -0.4 is 21.3 Å². The Balaban J connectivity index is 1.19. The van der Waals surface area contributed by atoms with E-state index in [0.717, 1.165) is 0 Å². The van der Waals surface area contributed by atoms with Gasteiger partial charge in [-0.1, -0.05) is 36.4 Å². The number of amides is 4. The van der Waals surface area contributed by atoms with Crippen LogP contribution in [-0.2, 0) is 20.2 Å². The minimum atomic E-state index is -4.55. The maximum Gasteiger partial charge on any atom is 0.328 e. The molecule has 4 amide bonds. The fourth-order valence-corrected chi connectivity index (χ4v) is 6.62. The molecule has 0 heterocycles. The topological polar surface area (TPSA) is 249 Å². The van der Waals surface area contributed by atoms with Crippen molar-refractivity contribution in [3.63, 3.8) is 0 Å². The van der Waals surface area contributed by atoms with E-state index in [0.29, 0.717) is 33.3 Å². The van der Waals surface area contributed by atoms with E-state index in [1.807, 2.05) is 0 Å². The second-order valence-electron chi connectivity index (χ2n) is 12.2. The Hall–Kier alpha value is -6.53. The SMILES string of the molecule is Cc1ccc(C(=O)NC(=O)NC(=O)c2ccc(C)c(Nc3c(O)ccc4ccc(S(=O)(=O)O)cc34)c2)cc1Nc1c(O)ccc2ccc(S(=O)(=O)O)cc12. The average Bonchev–Trinajstić information content (AvgIpc) is 3.10. The van der Waals surface area contributed by atoms with Gasteiger partial charge in [0.2, 0.25) is 0 Å². The van der Waals surface area contributed by atoms with Crippen molar-refractivity contribution in [1.29, 1.82) is 0 Å². The monoisotopic (exact) mass is 770 g/mol. The van der Waals surface area contributed by atoms with Gasteiger partial charge in [-0.05, 0) is 96.4 Å². The smallest absolute Gasteiger partial charge is 0.328 e. The zero-order chi connectivity index (χ0) is 39.1. The first-order valence-corrected chi connectivity index (χ1v) is 18.7. The van der Waals surface area contributed by atoms with Crippen molar-refractivity contribution in [3.05, 3.63) is 119 Å². The lowest BCUT2D eigenvalue weighted by Gasteiger charge is -2.16. The number of phenolic OH excluding ortho intramolecular Hbond substituents is 2. The zero-order valence-corrected chi connectivity index (χ0v) is 29.8. The molecule has 15 nitrogen and oxygen atoms in total. The highest BCUT2D eigenvalue weighted by Gasteiger charge is 2.20. The van der Waals surface area contributed by atoms with Gasteiger partial charge in [0.25, 0.3) is 32.1 Å². The van der Waals surface area contributed by atoms with Crippen molar-refractivity contribution in [1.82, 2.24) is 10.6 Å². The van der Waals surface area contributed by atoms with Crippen molar-refractivity contribution in [2.24, 2.45) is 0 Å². The third-order valence-electron chi connectivity index (χ3n) is 8.51. The molecule has 0 saturated heterocycles. The number of hydrogen-bond donors (Lipinski definition) is 8. The van der Waals surface area contributed by atoms with Gasteiger partial charge in [0.1, 0.15) is 11.5 Å². The number of rotatable bonds is 8. The Morgan fingerprint density at radius 1 is 0.519 bits per heavy atom. The molecule has 0 bridgehead atoms. The molecule has 8 N–H and O–H groups in total. The minimum Gasteiger partial charge on any atom is -0.506 e. The summed E-state index contributed by atoms with van der Waals surface area (Å²) in [4.78, 5) is 38.2. The number of aryl methyl sites for hydroxylation is 2. The quantitative estimate of drug-likeness (QED) is 0.0628. The Bertz CT molecular complexity index is 2600. The Morgan fingerprint density at radius 2 is 0.889 bits per heavy atom. The van der Waals surface area contributed by atoms with Crippen molar-refractivity contribution in [2.45, 2.75) is 23.6 Å². The molecule has 6 aromatic rings. The average molecular weight is 771 g/mol. The number of imide groups is 2. The summed E-state index contributed by atoms with van der Waals surface area (Å²) >= 11 is 0. The van der Waals surface area contributed by atoms with E-state index in [4.69, 9.17) is 0 Å². The van der Waals surface area contributed by atoms with Crippen LogP contribution in [0, 0.1) is 13.8 Å². The van der Waals surface area contributed by atoms with Crippen molar-refractivity contribution < 1.29 is 50.5 Å². The van der Waals surface area contributed by atoms with Gasteiger partial charge in [0, 0.05) is 33.3 Å². The predicted octanol–water partition coefficient (Wildman–Crippen LogP) is 6.28. The molecule has 17 heteroatoms. The summed E-state index contributed by atoms with van der Waals surface area (Å²) in [6, 6.07) is 21.1. The van der Waals surface area contributed by atoms with Crippen LogP contribution in [0.5, 0.6) is 11.5 Å². The summed E-state index contributed by atoms with van der Waals surface area (Å²) in [5.74, 6) is -2.28. The lowest BCUT2D eigenvalue weighted by molar-refractivity contribution is 0.0944. The number of anilines is 4. The van der Waals surface area contributed by atoms with E-state index in [2.05, 4.69) is 21.3 Å². The molecule has 0 saturated carbocycles. The molecule has 6 aromatic carbocycles. The highest BCUT2D eigenvalue weighted by Crippen LogP contribution is 2.38. The molecule has 0 aliphatic rings. The minimum absolute atomic E-state index is 0.0158. The predicted molar refractivity (Wildman–Crippen MR) is 200 cm³/mol. The van der Waals surface area contributed by atoms with E-state index >= 15 is 0 Å². The summed E-state index contributed by atoms with van der Waals surface area (Å²) in [6.45, 7) is 3.40. The second-order valence-corrected chi connectivity index (χ2v) is 15.0. The lowest BCUT2D eigenvalue weighted by atomic mass is 10.1. The van der Waals surface area contributed by atoms with Crippen LogP contribution in [0.2, 0.25) is 0 Å². The van der Waals surface area contributed by atoms with E-state index in [9.17, 15) is 50.5 Å². The van der Waals surface area contributed by atoms with Crippen molar-refractivity contribution in [3.8, 4) is 11.5 Å². The Labute approximate surface area is 307 Å². The third-order valence-corrected chi connectivity index (χ3v) is 10.2. The molecule has 0 fully saturated rings. The first kappa shape index (κ1) is 37.2. The number of aromatic hydroxyl groups is 2. The third kappa shape index (κ3) is 7.79. The highest BCUT2D eigenvalue weighted by molar-refractivity contribution is 7.86. The molecule has 0 aliphatic heterocycles. The first-order chi connectivity index (χ1) is 25.4. The van der Waals surface area contributed by atoms with Crippen molar-refractivity contribution in [2.75, 3.05) is 10.6 Å². The number of fused-ring (bicyclic) bond motifs is 2. The van der Waals surface area contributed by atoms with Crippen LogP contribution in [0.1, 0.15) is 31.8 Å². The van der Waals surface area contributed by atoms with Gasteiger partial charge in [-0.3, -0.25) is 29.3 Å². The number of carbonyl (C=O) groups excluding carboxylic acids is 3. The molecule has 0 spiro atoms. The van der Waals surface area contributed by atoms with Crippen LogP contribution in [0.4, 0.5) is 27.5 Å². The lowest BCUT2D eigenvalue weighted by Crippen LogP contribution is -2.42. The Kier molecular flexibility index (Phi) is 9.74. The normalized spacial score (nSPS) is 11.6. The van der Waals surface area contributed by atoms with Crippen LogP contribution in [0.15, 0.2) is 107 Å². The maximum atomic E-state index is 13.1. The first-order valence-electron chi connectivity index (χ1n) is 15.8. The number of hydrogen-bond acceptors (Lipinski definition) is 11. The molecule has 0 atom stereocenters. The number of nitrogens with one attached hydrogen (secondary N) is 4. The van der Waals surface area contributed by atoms with Crippen molar-refractivity contribution >= 4 is 82.4 Å². The molecule has 0 aromatic heterocycles. The van der Waals surface area contributed by atoms with Gasteiger partial charge in [-0.2, -0.15) is 16.8 Å². The van der Waals surface area contributed by atoms with Gasteiger partial charge in [0.15, 0.2) is 0 Å². The number of urea groups is 1. The summed E-state index contributed by atoms with van der Waals surface area (Å²) in [7, 11) is -9.11. The van der Waals surface area contributed by atoms with Gasteiger partial charge in [-0.25, -0.2) is 4.79 Å². The molecule has 6 rings (SSSR count). The van der Waals surface area contributed by atoms with Crippen LogP contribution >= 0.6 is 0 Å². The van der Waals surface area contributed by atoms with E-state index < -0.39 is 47.9 Å². The molecule has 0 radical (unpaired) electrons. The fourth-order valence-electron chi connectivity index (χ4n) is 5.61. The zero-order valence-electron chi connectivity index (χ0n) is 28.2. The van der Waals surface area contributed by atoms with Gasteiger partial charge in [-0.15, -0.1) is 0 Å². The molecule has 0 unspecified atom stereocenters. The molecular formula is C37H30N4O11S2. The largest absolute Gasteiger partial charge is 0.506 e. The van der Waals surface area contributed by atoms with Gasteiger partial charge < -0.3 is 20.8 Å². The maximum absolute atomic E-state index is 13.1. The molecule has 276 valence electrons. The van der Waals surface area contributed by atoms with Gasteiger partial charge >= 0.3 is 6.03 Å². The van der Waals surface area contributed by atoms with Gasteiger partial charge in [0.05, 0.1) is 21.2 Å². The standard InChI is InChI=1S/C37H30N4O11S2/c1-19-3-5-23(15-29(19)38-33-27-17-25(53(47,48)49)11-7-21(27)9-13-31(33)42)35(44)40-37(46)41-36(45)24-6-4-20(2)30(16-24)39-34-28-18-26(54(50,51)52)12-8-22(28)10-14-32(34)43/h3-18,38-39,42-43H,1-2H3,(H,47,48,49)(H,50,51,52)(H2,40,41,44,45,46). The number of benzene rings is 6. The second kappa shape index (κ2) is 14.1. The highest BCUT2D eigenvalue weighted by atomic mass is 32.2. The molecule has 0 aliphatic carbocycles. The summed E-state index contributed by atoms with van der Waals surface area (Å²) < 4.78 is 66.1. The molecular weight excluding hydrogens is 741 g/mol. The Morgan fingerprint density at radius 3 is 1.26 bits per heavy atom. The summed E-state index contributed by atoms with van der Waals surface area (Å²) in [6.07, 6.45) is 0. The van der Waals surface area contributed by atoms with E-state index in [-0.39, 0.29) is 44.8 Å². The van der Waals surface area contributed by atoms with Crippen LogP contribution in [0.3, 0.4) is 0 Å². The van der Waals surface area contributed by atoms with Crippen LogP contribution in [0.25, 0.3) is 21.5 Å². The number of phenols is 2.